The molecular formula is C22H30N2O4. The lowest BCUT2D eigenvalue weighted by atomic mass is 9.72. The molecular weight excluding hydrogens is 356 g/mol. The molecule has 6 heteroatoms. The van der Waals surface area contributed by atoms with Gasteiger partial charge in [0.2, 0.25) is 6.10 Å². The van der Waals surface area contributed by atoms with E-state index in [1.54, 1.807) is 24.6 Å². The molecule has 1 aromatic rings. The Morgan fingerprint density at radius 1 is 1.04 bits per heavy atom. The molecule has 1 atom stereocenters. The maximum Gasteiger partial charge on any atom is 0.353 e. The smallest absolute Gasteiger partial charge is 0.353 e. The van der Waals surface area contributed by atoms with Crippen LogP contribution in [0.3, 0.4) is 0 Å². The standard InChI is InChI=1S/C22H30N2O4/c1-21(2,3)14-22(4,5)17-9-11-18(12-10-17)28-20(25)19(27-16-24)8-6-7-13-26-15-23/h9-12,19H,6-8,13-14H2,1-5H3. The summed E-state index contributed by atoms with van der Waals surface area (Å²) in [5.74, 6) is -0.191. The highest BCUT2D eigenvalue weighted by atomic mass is 16.6. The monoisotopic (exact) mass is 386 g/mol. The average molecular weight is 386 g/mol. The van der Waals surface area contributed by atoms with E-state index in [1.165, 1.54) is 5.56 Å². The first-order chi connectivity index (χ1) is 13.1. The normalized spacial score (nSPS) is 12.4. The van der Waals surface area contributed by atoms with Crippen molar-refractivity contribution in [1.29, 1.82) is 10.5 Å². The van der Waals surface area contributed by atoms with Crippen LogP contribution in [0, 0.1) is 28.4 Å². The zero-order valence-corrected chi connectivity index (χ0v) is 17.4. The van der Waals surface area contributed by atoms with E-state index >= 15 is 0 Å². The number of nitrogens with zero attached hydrogens (tertiary/aromatic N) is 2. The molecule has 0 aromatic heterocycles. The highest BCUT2D eigenvalue weighted by Gasteiger charge is 2.27. The van der Waals surface area contributed by atoms with Crippen LogP contribution in [0.25, 0.3) is 0 Å². The van der Waals surface area contributed by atoms with Gasteiger partial charge in [-0.3, -0.25) is 0 Å². The van der Waals surface area contributed by atoms with Crippen molar-refractivity contribution in [3.8, 4) is 18.3 Å². The average Bonchev–Trinajstić information content (AvgIpc) is 2.59. The number of rotatable bonds is 10. The molecule has 0 radical (unpaired) electrons. The first-order valence-electron chi connectivity index (χ1n) is 9.47. The molecule has 152 valence electrons. The molecule has 1 unspecified atom stereocenters. The molecule has 6 nitrogen and oxygen atoms in total. The van der Waals surface area contributed by atoms with Crippen molar-refractivity contribution in [2.75, 3.05) is 6.61 Å². The van der Waals surface area contributed by atoms with Crippen molar-refractivity contribution in [3.05, 3.63) is 29.8 Å². The molecule has 0 aliphatic heterocycles. The van der Waals surface area contributed by atoms with E-state index in [0.717, 1.165) is 6.42 Å². The molecule has 0 fully saturated rings. The van der Waals surface area contributed by atoms with Gasteiger partial charge in [0.05, 0.1) is 0 Å². The summed E-state index contributed by atoms with van der Waals surface area (Å²) in [7, 11) is 0. The van der Waals surface area contributed by atoms with E-state index in [4.69, 9.17) is 20.0 Å². The highest BCUT2D eigenvalue weighted by Crippen LogP contribution is 2.36. The molecule has 1 rings (SSSR count). The number of carbonyl (C=O) groups excluding carboxylic acids is 1. The van der Waals surface area contributed by atoms with Crippen LogP contribution in [0.15, 0.2) is 24.3 Å². The highest BCUT2D eigenvalue weighted by molar-refractivity contribution is 5.77. The number of benzene rings is 1. The zero-order chi connectivity index (χ0) is 21.2. The number of esters is 1. The fraction of sp³-hybridized carbons (Fsp3) is 0.591. The minimum atomic E-state index is -0.968. The summed E-state index contributed by atoms with van der Waals surface area (Å²) in [6, 6.07) is 7.46. The minimum absolute atomic E-state index is 0.00125. The van der Waals surface area contributed by atoms with Crippen molar-refractivity contribution in [1.82, 2.24) is 0 Å². The number of ether oxygens (including phenoxy) is 3. The summed E-state index contributed by atoms with van der Waals surface area (Å²) < 4.78 is 14.8. The van der Waals surface area contributed by atoms with E-state index < -0.39 is 12.1 Å². The van der Waals surface area contributed by atoms with Crippen LogP contribution in [-0.2, 0) is 19.7 Å². The van der Waals surface area contributed by atoms with Gasteiger partial charge in [-0.2, -0.15) is 10.5 Å². The summed E-state index contributed by atoms with van der Waals surface area (Å²) in [4.78, 5) is 12.3. The Labute approximate surface area is 168 Å². The fourth-order valence-electron chi connectivity index (χ4n) is 3.42. The quantitative estimate of drug-likeness (QED) is 0.247. The van der Waals surface area contributed by atoms with Gasteiger partial charge in [0.25, 0.3) is 12.5 Å². The summed E-state index contributed by atoms with van der Waals surface area (Å²) in [5.41, 5.74) is 1.37. The van der Waals surface area contributed by atoms with Gasteiger partial charge >= 0.3 is 5.97 Å². The van der Waals surface area contributed by atoms with Crippen LogP contribution < -0.4 is 4.74 Å². The lowest BCUT2D eigenvalue weighted by Crippen LogP contribution is -2.28. The van der Waals surface area contributed by atoms with E-state index in [2.05, 4.69) is 39.4 Å². The maximum atomic E-state index is 12.3. The van der Waals surface area contributed by atoms with E-state index in [9.17, 15) is 4.79 Å². The van der Waals surface area contributed by atoms with Gasteiger partial charge in [-0.25, -0.2) is 4.79 Å². The Bertz CT molecular complexity index is 706. The predicted molar refractivity (Wildman–Crippen MR) is 105 cm³/mol. The van der Waals surface area contributed by atoms with Crippen LogP contribution in [0.5, 0.6) is 5.75 Å². The topological polar surface area (TPSA) is 92.3 Å². The van der Waals surface area contributed by atoms with Crippen LogP contribution in [0.2, 0.25) is 0 Å². The Morgan fingerprint density at radius 3 is 2.21 bits per heavy atom. The van der Waals surface area contributed by atoms with Gasteiger partial charge in [0.1, 0.15) is 12.4 Å². The molecule has 0 saturated carbocycles. The maximum absolute atomic E-state index is 12.3. The molecule has 28 heavy (non-hydrogen) atoms. The number of hydrogen-bond donors (Lipinski definition) is 0. The largest absolute Gasteiger partial charge is 0.428 e. The van der Waals surface area contributed by atoms with Crippen LogP contribution >= 0.6 is 0 Å². The molecule has 0 saturated heterocycles. The Hall–Kier alpha value is -2.73. The molecule has 0 bridgehead atoms. The third kappa shape index (κ3) is 8.31. The van der Waals surface area contributed by atoms with Gasteiger partial charge in [0.15, 0.2) is 0 Å². The molecule has 0 spiro atoms. The van der Waals surface area contributed by atoms with E-state index in [0.29, 0.717) is 25.0 Å². The second-order valence-corrected chi connectivity index (χ2v) is 8.70. The van der Waals surface area contributed by atoms with Gasteiger partial charge in [0, 0.05) is 0 Å². The lowest BCUT2D eigenvalue weighted by molar-refractivity contribution is -0.144. The van der Waals surface area contributed by atoms with Gasteiger partial charge in [-0.15, -0.1) is 0 Å². The number of unbranched alkanes of at least 4 members (excludes halogenated alkanes) is 1. The number of nitriles is 2. The zero-order valence-electron chi connectivity index (χ0n) is 17.4. The van der Waals surface area contributed by atoms with Gasteiger partial charge in [-0.1, -0.05) is 46.8 Å². The summed E-state index contributed by atoms with van der Waals surface area (Å²) >= 11 is 0. The molecule has 0 amide bonds. The van der Waals surface area contributed by atoms with Crippen molar-refractivity contribution in [2.24, 2.45) is 5.41 Å². The molecule has 0 N–H and O–H groups in total. The number of carbonyl (C=O) groups is 1. The first-order valence-corrected chi connectivity index (χ1v) is 9.47. The van der Waals surface area contributed by atoms with Crippen LogP contribution in [0.4, 0.5) is 0 Å². The summed E-state index contributed by atoms with van der Waals surface area (Å²) in [6.07, 6.45) is 4.67. The number of hydrogen-bond acceptors (Lipinski definition) is 6. The first kappa shape index (κ1) is 23.3. The molecule has 1 aromatic carbocycles. The third-order valence-corrected chi connectivity index (χ3v) is 4.31. The fourth-order valence-corrected chi connectivity index (χ4v) is 3.42. The van der Waals surface area contributed by atoms with Gasteiger partial charge < -0.3 is 14.2 Å². The van der Waals surface area contributed by atoms with Crippen LogP contribution in [-0.4, -0.2) is 18.7 Å². The summed E-state index contributed by atoms with van der Waals surface area (Å²) in [6.45, 7) is 11.3. The van der Waals surface area contributed by atoms with Crippen LogP contribution in [0.1, 0.15) is 65.9 Å². The van der Waals surface area contributed by atoms with E-state index in [-0.39, 0.29) is 17.4 Å². The third-order valence-electron chi connectivity index (χ3n) is 4.31. The lowest BCUT2D eigenvalue weighted by Gasteiger charge is -2.33. The van der Waals surface area contributed by atoms with Crippen molar-refractivity contribution >= 4 is 5.97 Å². The Balaban J connectivity index is 2.69. The summed E-state index contributed by atoms with van der Waals surface area (Å²) in [5, 5.41) is 17.1. The molecule has 0 heterocycles. The van der Waals surface area contributed by atoms with Gasteiger partial charge in [-0.05, 0) is 54.2 Å². The van der Waals surface area contributed by atoms with Crippen molar-refractivity contribution in [3.63, 3.8) is 0 Å². The Morgan fingerprint density at radius 2 is 1.68 bits per heavy atom. The Kier molecular flexibility index (Phi) is 8.79. The molecule has 0 aliphatic carbocycles. The second kappa shape index (κ2) is 10.6. The SMILES string of the molecule is CC(C)(C)CC(C)(C)c1ccc(OC(=O)C(CCCCOC#N)OC#N)cc1. The predicted octanol–water partition coefficient (Wildman–Crippen LogP) is 4.84. The van der Waals surface area contributed by atoms with Crippen molar-refractivity contribution < 1.29 is 19.0 Å². The van der Waals surface area contributed by atoms with E-state index in [1.807, 2.05) is 12.1 Å². The molecule has 0 aliphatic rings. The minimum Gasteiger partial charge on any atom is -0.428 e. The second-order valence-electron chi connectivity index (χ2n) is 8.70. The van der Waals surface area contributed by atoms with Crippen molar-refractivity contribution in [2.45, 2.75) is 71.8 Å².